The molecular weight excluding hydrogens is 254 g/mol. The zero-order chi connectivity index (χ0) is 13.1. The zero-order valence-corrected chi connectivity index (χ0v) is 11.1. The first kappa shape index (κ1) is 12.4. The summed E-state index contributed by atoms with van der Waals surface area (Å²) in [7, 11) is 4.68. The van der Waals surface area contributed by atoms with Crippen LogP contribution in [0.2, 0.25) is 0 Å². The number of nitrogens with zero attached hydrogens (tertiary/aromatic N) is 2. The van der Waals surface area contributed by atoms with Crippen LogP contribution in [-0.4, -0.2) is 31.5 Å². The highest BCUT2D eigenvalue weighted by Crippen LogP contribution is 2.44. The van der Waals surface area contributed by atoms with Gasteiger partial charge in [0.1, 0.15) is 0 Å². The minimum absolute atomic E-state index is 0.404. The van der Waals surface area contributed by atoms with Crippen molar-refractivity contribution in [1.82, 2.24) is 10.2 Å². The summed E-state index contributed by atoms with van der Waals surface area (Å²) in [4.78, 5) is 0. The van der Waals surface area contributed by atoms with Gasteiger partial charge in [-0.05, 0) is 12.1 Å². The number of benzene rings is 1. The molecule has 0 saturated carbocycles. The summed E-state index contributed by atoms with van der Waals surface area (Å²) < 4.78 is 15.9. The lowest BCUT2D eigenvalue weighted by atomic mass is 10.2. The Labute approximate surface area is 108 Å². The molecule has 7 heteroatoms. The molecule has 0 spiro atoms. The highest BCUT2D eigenvalue weighted by atomic mass is 32.1. The number of ether oxygens (including phenoxy) is 3. The monoisotopic (exact) mass is 267 g/mol. The van der Waals surface area contributed by atoms with Crippen molar-refractivity contribution in [2.75, 3.05) is 27.1 Å². The highest BCUT2D eigenvalue weighted by molar-refractivity contribution is 7.18. The van der Waals surface area contributed by atoms with Crippen LogP contribution in [0.15, 0.2) is 12.1 Å². The summed E-state index contributed by atoms with van der Waals surface area (Å²) in [6.07, 6.45) is 0. The molecule has 0 unspecified atom stereocenters. The lowest BCUT2D eigenvalue weighted by Crippen LogP contribution is -1.96. The van der Waals surface area contributed by atoms with Crippen LogP contribution in [0.4, 0.5) is 5.13 Å². The number of aromatic nitrogens is 2. The molecule has 2 rings (SSSR count). The predicted molar refractivity (Wildman–Crippen MR) is 69.4 cm³/mol. The van der Waals surface area contributed by atoms with E-state index in [0.29, 0.717) is 27.4 Å². The molecule has 2 aromatic rings. The maximum absolute atomic E-state index is 5.58. The molecule has 0 atom stereocenters. The Hall–Kier alpha value is -2.02. The lowest BCUT2D eigenvalue weighted by molar-refractivity contribution is 0.325. The van der Waals surface area contributed by atoms with Crippen molar-refractivity contribution < 1.29 is 14.2 Å². The van der Waals surface area contributed by atoms with Crippen LogP contribution in [0.1, 0.15) is 0 Å². The van der Waals surface area contributed by atoms with Gasteiger partial charge in [-0.1, -0.05) is 11.3 Å². The third kappa shape index (κ3) is 2.04. The molecule has 0 saturated heterocycles. The van der Waals surface area contributed by atoms with Gasteiger partial charge in [0.05, 0.1) is 26.9 Å². The first-order valence-electron chi connectivity index (χ1n) is 5.09. The molecule has 0 bridgehead atoms. The molecule has 0 amide bonds. The van der Waals surface area contributed by atoms with Crippen molar-refractivity contribution in [2.45, 2.75) is 0 Å². The van der Waals surface area contributed by atoms with Gasteiger partial charge in [0.15, 0.2) is 16.5 Å². The number of nitrogens with two attached hydrogens (primary N) is 1. The highest BCUT2D eigenvalue weighted by Gasteiger charge is 2.19. The van der Waals surface area contributed by atoms with Gasteiger partial charge in [0.25, 0.3) is 0 Å². The van der Waals surface area contributed by atoms with E-state index in [0.717, 1.165) is 5.56 Å². The van der Waals surface area contributed by atoms with Crippen molar-refractivity contribution in [1.29, 1.82) is 0 Å². The maximum atomic E-state index is 5.58. The topological polar surface area (TPSA) is 79.5 Å². The fourth-order valence-corrected chi connectivity index (χ4v) is 2.25. The number of nitrogen functional groups attached to an aromatic ring is 1. The van der Waals surface area contributed by atoms with E-state index in [2.05, 4.69) is 10.2 Å². The Morgan fingerprint density at radius 2 is 1.72 bits per heavy atom. The van der Waals surface area contributed by atoms with E-state index < -0.39 is 0 Å². The molecule has 1 aromatic carbocycles. The molecule has 1 aromatic heterocycles. The summed E-state index contributed by atoms with van der Waals surface area (Å²) in [5.74, 6) is 1.66. The summed E-state index contributed by atoms with van der Waals surface area (Å²) in [5.41, 5.74) is 6.35. The normalized spacial score (nSPS) is 10.2. The van der Waals surface area contributed by atoms with E-state index in [-0.39, 0.29) is 0 Å². The third-order valence-electron chi connectivity index (χ3n) is 2.38. The predicted octanol–water partition coefficient (Wildman–Crippen LogP) is 1.81. The zero-order valence-electron chi connectivity index (χ0n) is 10.3. The van der Waals surface area contributed by atoms with E-state index in [4.69, 9.17) is 19.9 Å². The van der Waals surface area contributed by atoms with Crippen molar-refractivity contribution in [3.8, 4) is 27.8 Å². The van der Waals surface area contributed by atoms with E-state index in [9.17, 15) is 0 Å². The van der Waals surface area contributed by atoms with Crippen LogP contribution >= 0.6 is 11.3 Å². The van der Waals surface area contributed by atoms with Crippen molar-refractivity contribution in [3.05, 3.63) is 12.1 Å². The summed E-state index contributed by atoms with van der Waals surface area (Å²) in [6.45, 7) is 0. The number of methoxy groups -OCH3 is 3. The molecule has 96 valence electrons. The van der Waals surface area contributed by atoms with E-state index in [1.807, 2.05) is 6.07 Å². The fourth-order valence-electron chi connectivity index (χ4n) is 1.61. The Morgan fingerprint density at radius 3 is 2.22 bits per heavy atom. The van der Waals surface area contributed by atoms with E-state index >= 15 is 0 Å². The Kier molecular flexibility index (Phi) is 3.52. The standard InChI is InChI=1S/C11H13N3O3S/c1-15-7-5-4-6(8(16-2)9(7)17-3)10-13-14-11(12)18-10/h4-5H,1-3H3,(H2,12,14). The maximum Gasteiger partial charge on any atom is 0.204 e. The SMILES string of the molecule is COc1ccc(-c2nnc(N)s2)c(OC)c1OC. The smallest absolute Gasteiger partial charge is 0.204 e. The molecule has 0 aliphatic heterocycles. The van der Waals surface area contributed by atoms with Crippen LogP contribution in [0.3, 0.4) is 0 Å². The first-order valence-corrected chi connectivity index (χ1v) is 5.91. The molecule has 0 radical (unpaired) electrons. The largest absolute Gasteiger partial charge is 0.493 e. The molecular formula is C11H13N3O3S. The fraction of sp³-hybridized carbons (Fsp3) is 0.273. The van der Waals surface area contributed by atoms with Gasteiger partial charge in [0.2, 0.25) is 10.9 Å². The van der Waals surface area contributed by atoms with Gasteiger partial charge >= 0.3 is 0 Å². The lowest BCUT2D eigenvalue weighted by Gasteiger charge is -2.14. The minimum Gasteiger partial charge on any atom is -0.493 e. The van der Waals surface area contributed by atoms with Crippen molar-refractivity contribution >= 4 is 16.5 Å². The summed E-state index contributed by atoms with van der Waals surface area (Å²) >= 11 is 1.28. The molecule has 0 aliphatic carbocycles. The first-order chi connectivity index (χ1) is 8.71. The quantitative estimate of drug-likeness (QED) is 0.910. The summed E-state index contributed by atoms with van der Waals surface area (Å²) in [6, 6.07) is 3.62. The second kappa shape index (κ2) is 5.09. The molecule has 18 heavy (non-hydrogen) atoms. The number of anilines is 1. The molecule has 1 heterocycles. The van der Waals surface area contributed by atoms with Gasteiger partial charge in [0, 0.05) is 0 Å². The van der Waals surface area contributed by atoms with Gasteiger partial charge in [-0.3, -0.25) is 0 Å². The van der Waals surface area contributed by atoms with Crippen molar-refractivity contribution in [3.63, 3.8) is 0 Å². The van der Waals surface area contributed by atoms with Crippen LogP contribution < -0.4 is 19.9 Å². The summed E-state index contributed by atoms with van der Waals surface area (Å²) in [5, 5.41) is 8.85. The van der Waals surface area contributed by atoms with Crippen LogP contribution in [0.5, 0.6) is 17.2 Å². The van der Waals surface area contributed by atoms with Gasteiger partial charge < -0.3 is 19.9 Å². The Bertz CT molecular complexity index is 556. The minimum atomic E-state index is 0.404. The Morgan fingerprint density at radius 1 is 1.00 bits per heavy atom. The average Bonchev–Trinajstić information content (AvgIpc) is 2.83. The van der Waals surface area contributed by atoms with Crippen molar-refractivity contribution in [2.24, 2.45) is 0 Å². The van der Waals surface area contributed by atoms with E-state index in [1.165, 1.54) is 11.3 Å². The van der Waals surface area contributed by atoms with E-state index in [1.54, 1.807) is 27.4 Å². The average molecular weight is 267 g/mol. The number of rotatable bonds is 4. The van der Waals surface area contributed by atoms with Gasteiger partial charge in [-0.2, -0.15) is 0 Å². The van der Waals surface area contributed by atoms with Gasteiger partial charge in [-0.25, -0.2) is 0 Å². The molecule has 2 N–H and O–H groups in total. The molecule has 0 fully saturated rings. The van der Waals surface area contributed by atoms with Crippen LogP contribution in [0, 0.1) is 0 Å². The second-order valence-electron chi connectivity index (χ2n) is 3.33. The second-order valence-corrected chi connectivity index (χ2v) is 4.34. The number of hydrogen-bond acceptors (Lipinski definition) is 7. The molecule has 6 nitrogen and oxygen atoms in total. The van der Waals surface area contributed by atoms with Gasteiger partial charge in [-0.15, -0.1) is 10.2 Å². The number of hydrogen-bond donors (Lipinski definition) is 1. The molecule has 0 aliphatic rings. The third-order valence-corrected chi connectivity index (χ3v) is 3.16. The Balaban J connectivity index is 2.61. The van der Waals surface area contributed by atoms with Crippen LogP contribution in [0.25, 0.3) is 10.6 Å². The van der Waals surface area contributed by atoms with Crippen LogP contribution in [-0.2, 0) is 0 Å².